The van der Waals surface area contributed by atoms with E-state index in [1.807, 2.05) is 6.07 Å². The minimum absolute atomic E-state index is 0.411. The van der Waals surface area contributed by atoms with Gasteiger partial charge < -0.3 is 0 Å². The highest BCUT2D eigenvalue weighted by molar-refractivity contribution is 7.89. The zero-order valence-electron chi connectivity index (χ0n) is 11.7. The fraction of sp³-hybridized carbons (Fsp3) is 0.600. The van der Waals surface area contributed by atoms with Crippen LogP contribution in [0.15, 0.2) is 35.2 Å². The smallest absolute Gasteiger partial charge is 0.243 e. The Bertz CT molecular complexity index is 530. The van der Waals surface area contributed by atoms with E-state index >= 15 is 0 Å². The van der Waals surface area contributed by atoms with Crippen LogP contribution in [0.2, 0.25) is 0 Å². The van der Waals surface area contributed by atoms with Gasteiger partial charge in [-0.05, 0) is 25.0 Å². The van der Waals surface area contributed by atoms with E-state index in [9.17, 15) is 8.42 Å². The molecule has 0 bridgehead atoms. The van der Waals surface area contributed by atoms with Gasteiger partial charge in [0.15, 0.2) is 0 Å². The zero-order chi connectivity index (χ0) is 14.0. The van der Waals surface area contributed by atoms with Crippen molar-refractivity contribution in [2.24, 2.45) is 0 Å². The summed E-state index contributed by atoms with van der Waals surface area (Å²) in [6.07, 6.45) is 5.22. The molecule has 5 heteroatoms. The van der Waals surface area contributed by atoms with Crippen LogP contribution in [0, 0.1) is 0 Å². The summed E-state index contributed by atoms with van der Waals surface area (Å²) in [4.78, 5) is 2.89. The summed E-state index contributed by atoms with van der Waals surface area (Å²) in [5, 5.41) is 0. The molecule has 0 amide bonds. The number of nitrogens with zero attached hydrogens (tertiary/aromatic N) is 2. The van der Waals surface area contributed by atoms with Crippen molar-refractivity contribution >= 4 is 10.0 Å². The van der Waals surface area contributed by atoms with Crippen molar-refractivity contribution in [3.8, 4) is 0 Å². The second-order valence-electron chi connectivity index (χ2n) is 5.69. The van der Waals surface area contributed by atoms with Crippen molar-refractivity contribution in [3.05, 3.63) is 30.3 Å². The molecule has 2 aliphatic rings. The van der Waals surface area contributed by atoms with Crippen molar-refractivity contribution in [1.29, 1.82) is 0 Å². The molecule has 1 heterocycles. The van der Waals surface area contributed by atoms with Crippen molar-refractivity contribution in [1.82, 2.24) is 9.21 Å². The summed E-state index contributed by atoms with van der Waals surface area (Å²) in [5.41, 5.74) is 0. The third-order valence-electron chi connectivity index (χ3n) is 4.50. The van der Waals surface area contributed by atoms with Crippen molar-refractivity contribution in [3.63, 3.8) is 0 Å². The van der Waals surface area contributed by atoms with Crippen LogP contribution in [0.3, 0.4) is 0 Å². The largest absolute Gasteiger partial charge is 0.298 e. The van der Waals surface area contributed by atoms with Gasteiger partial charge in [-0.15, -0.1) is 0 Å². The van der Waals surface area contributed by atoms with Crippen LogP contribution in [0.25, 0.3) is 0 Å². The van der Waals surface area contributed by atoms with Crippen LogP contribution < -0.4 is 0 Å². The molecule has 0 spiro atoms. The lowest BCUT2D eigenvalue weighted by molar-refractivity contribution is 0.139. The summed E-state index contributed by atoms with van der Waals surface area (Å²) in [6.45, 7) is 2.98. The average Bonchev–Trinajstić information content (AvgIpc) is 3.02. The Labute approximate surface area is 121 Å². The number of hydrogen-bond acceptors (Lipinski definition) is 3. The average molecular weight is 294 g/mol. The molecule has 1 aliphatic heterocycles. The summed E-state index contributed by atoms with van der Waals surface area (Å²) in [6, 6.07) is 9.45. The molecule has 0 atom stereocenters. The first-order chi connectivity index (χ1) is 9.68. The van der Waals surface area contributed by atoms with Crippen LogP contribution in [0.1, 0.15) is 25.7 Å². The maximum absolute atomic E-state index is 12.5. The number of piperazine rings is 1. The molecule has 2 fully saturated rings. The maximum Gasteiger partial charge on any atom is 0.243 e. The highest BCUT2D eigenvalue weighted by Crippen LogP contribution is 2.25. The highest BCUT2D eigenvalue weighted by atomic mass is 32.2. The van der Waals surface area contributed by atoms with Crippen molar-refractivity contribution < 1.29 is 8.42 Å². The minimum Gasteiger partial charge on any atom is -0.298 e. The molecule has 1 saturated carbocycles. The van der Waals surface area contributed by atoms with E-state index in [4.69, 9.17) is 0 Å². The molecule has 4 nitrogen and oxygen atoms in total. The predicted molar refractivity (Wildman–Crippen MR) is 79.0 cm³/mol. The monoisotopic (exact) mass is 294 g/mol. The van der Waals surface area contributed by atoms with Crippen LogP contribution in [-0.2, 0) is 10.0 Å². The topological polar surface area (TPSA) is 40.6 Å². The summed E-state index contributed by atoms with van der Waals surface area (Å²) in [5.74, 6) is 0. The number of rotatable bonds is 3. The molecular weight excluding hydrogens is 272 g/mol. The van der Waals surface area contributed by atoms with Crippen LogP contribution in [0.5, 0.6) is 0 Å². The first-order valence-electron chi connectivity index (χ1n) is 7.47. The van der Waals surface area contributed by atoms with E-state index in [1.165, 1.54) is 25.7 Å². The van der Waals surface area contributed by atoms with Crippen LogP contribution in [0.4, 0.5) is 0 Å². The number of sulfonamides is 1. The highest BCUT2D eigenvalue weighted by Gasteiger charge is 2.31. The summed E-state index contributed by atoms with van der Waals surface area (Å²) >= 11 is 0. The van der Waals surface area contributed by atoms with E-state index in [-0.39, 0.29) is 0 Å². The van der Waals surface area contributed by atoms with Gasteiger partial charge in [0.05, 0.1) is 4.90 Å². The Balaban J connectivity index is 1.65. The molecule has 1 aliphatic carbocycles. The molecule has 3 rings (SSSR count). The Morgan fingerprint density at radius 1 is 0.900 bits per heavy atom. The van der Waals surface area contributed by atoms with Gasteiger partial charge in [-0.1, -0.05) is 31.0 Å². The molecular formula is C15H22N2O2S. The fourth-order valence-corrected chi connectivity index (χ4v) is 4.76. The van der Waals surface area contributed by atoms with Gasteiger partial charge in [0.25, 0.3) is 0 Å². The van der Waals surface area contributed by atoms with E-state index in [1.54, 1.807) is 28.6 Å². The van der Waals surface area contributed by atoms with E-state index in [0.717, 1.165) is 13.1 Å². The quantitative estimate of drug-likeness (QED) is 0.855. The lowest BCUT2D eigenvalue weighted by Gasteiger charge is -2.37. The first-order valence-corrected chi connectivity index (χ1v) is 8.91. The lowest BCUT2D eigenvalue weighted by atomic mass is 10.2. The third-order valence-corrected chi connectivity index (χ3v) is 6.41. The standard InChI is InChI=1S/C15H22N2O2S/c18-20(19,15-8-2-1-3-9-15)17-12-10-16(11-13-17)14-6-4-5-7-14/h1-3,8-9,14H,4-7,10-13H2. The zero-order valence-corrected chi connectivity index (χ0v) is 12.6. The van der Waals surface area contributed by atoms with Gasteiger partial charge in [0.1, 0.15) is 0 Å². The molecule has 0 N–H and O–H groups in total. The third kappa shape index (κ3) is 2.75. The first kappa shape index (κ1) is 14.0. The Morgan fingerprint density at radius 2 is 1.50 bits per heavy atom. The summed E-state index contributed by atoms with van der Waals surface area (Å²) in [7, 11) is -3.30. The molecule has 1 aromatic carbocycles. The van der Waals surface area contributed by atoms with Gasteiger partial charge in [-0.3, -0.25) is 4.90 Å². The van der Waals surface area contributed by atoms with Gasteiger partial charge in [-0.25, -0.2) is 8.42 Å². The Kier molecular flexibility index (Phi) is 4.10. The SMILES string of the molecule is O=S(=O)(c1ccccc1)N1CCN(C2CCCC2)CC1. The van der Waals surface area contributed by atoms with E-state index < -0.39 is 10.0 Å². The predicted octanol–water partition coefficient (Wildman–Crippen LogP) is 1.94. The second-order valence-corrected chi connectivity index (χ2v) is 7.63. The Hall–Kier alpha value is -0.910. The van der Waals surface area contributed by atoms with Crippen LogP contribution in [-0.4, -0.2) is 49.8 Å². The molecule has 20 heavy (non-hydrogen) atoms. The van der Waals surface area contributed by atoms with Gasteiger partial charge in [0.2, 0.25) is 10.0 Å². The van der Waals surface area contributed by atoms with E-state index in [0.29, 0.717) is 24.0 Å². The summed E-state index contributed by atoms with van der Waals surface area (Å²) < 4.78 is 26.7. The Morgan fingerprint density at radius 3 is 2.10 bits per heavy atom. The minimum atomic E-state index is -3.30. The molecule has 0 unspecified atom stereocenters. The van der Waals surface area contributed by atoms with Crippen molar-refractivity contribution in [2.45, 2.75) is 36.6 Å². The molecule has 0 radical (unpaired) electrons. The lowest BCUT2D eigenvalue weighted by Crippen LogP contribution is -2.51. The van der Waals surface area contributed by atoms with Gasteiger partial charge in [0, 0.05) is 32.2 Å². The van der Waals surface area contributed by atoms with Gasteiger partial charge in [-0.2, -0.15) is 4.31 Å². The fourth-order valence-electron chi connectivity index (χ4n) is 3.32. The normalized spacial score (nSPS) is 23.2. The van der Waals surface area contributed by atoms with E-state index in [2.05, 4.69) is 4.90 Å². The van der Waals surface area contributed by atoms with Crippen molar-refractivity contribution in [2.75, 3.05) is 26.2 Å². The molecule has 1 saturated heterocycles. The van der Waals surface area contributed by atoms with Gasteiger partial charge >= 0.3 is 0 Å². The molecule has 1 aromatic rings. The molecule has 0 aromatic heterocycles. The number of benzene rings is 1. The second kappa shape index (κ2) is 5.84. The number of hydrogen-bond donors (Lipinski definition) is 0. The maximum atomic E-state index is 12.5. The van der Waals surface area contributed by atoms with Crippen LogP contribution >= 0.6 is 0 Å². The molecule has 110 valence electrons.